The van der Waals surface area contributed by atoms with Crippen molar-refractivity contribution >= 4 is 34.7 Å². The smallest absolute Gasteiger partial charge is 0.250 e. The van der Waals surface area contributed by atoms with Crippen LogP contribution in [0, 0.1) is 0 Å². The van der Waals surface area contributed by atoms with Crippen LogP contribution < -0.4 is 5.43 Å². The maximum atomic E-state index is 12.6. The Balaban J connectivity index is 1.33. The quantitative estimate of drug-likeness (QED) is 0.149. The Hall–Kier alpha value is -4.23. The largest absolute Gasteiger partial charge is 0.272 e. The molecule has 5 aromatic rings. The lowest BCUT2D eigenvalue weighted by Gasteiger charge is -2.19. The number of aromatic nitrogens is 3. The van der Waals surface area contributed by atoms with Gasteiger partial charge in [-0.25, -0.2) is 5.43 Å². The van der Waals surface area contributed by atoms with E-state index >= 15 is 0 Å². The predicted molar refractivity (Wildman–Crippen MR) is 156 cm³/mol. The second-order valence-corrected chi connectivity index (χ2v) is 10.9. The monoisotopic (exact) mass is 519 g/mol. The summed E-state index contributed by atoms with van der Waals surface area (Å²) in [7, 11) is 0. The van der Waals surface area contributed by atoms with E-state index in [1.54, 1.807) is 6.21 Å². The van der Waals surface area contributed by atoms with Gasteiger partial charge in [-0.2, -0.15) is 5.10 Å². The molecular weight excluding hydrogens is 490 g/mol. The van der Waals surface area contributed by atoms with Gasteiger partial charge in [-0.05, 0) is 33.9 Å². The summed E-state index contributed by atoms with van der Waals surface area (Å²) in [5, 5.41) is 16.0. The summed E-state index contributed by atoms with van der Waals surface area (Å²) in [6, 6.07) is 32.5. The van der Waals surface area contributed by atoms with Gasteiger partial charge in [0.1, 0.15) is 0 Å². The van der Waals surface area contributed by atoms with Gasteiger partial charge in [0.2, 0.25) is 0 Å². The van der Waals surface area contributed by atoms with Crippen LogP contribution in [0.25, 0.3) is 27.8 Å². The minimum absolute atomic E-state index is 0.0656. The highest BCUT2D eigenvalue weighted by Crippen LogP contribution is 2.30. The molecule has 1 N–H and O–H groups in total. The van der Waals surface area contributed by atoms with Crippen molar-refractivity contribution < 1.29 is 4.79 Å². The van der Waals surface area contributed by atoms with Crippen molar-refractivity contribution in [3.63, 3.8) is 0 Å². The fourth-order valence-electron chi connectivity index (χ4n) is 4.18. The van der Waals surface area contributed by atoms with Crippen LogP contribution >= 0.6 is 11.8 Å². The Morgan fingerprint density at radius 1 is 0.895 bits per heavy atom. The highest BCUT2D eigenvalue weighted by Gasteiger charge is 2.19. The summed E-state index contributed by atoms with van der Waals surface area (Å²) >= 11 is 1.33. The molecule has 0 saturated carbocycles. The number of amides is 1. The Morgan fingerprint density at radius 2 is 1.61 bits per heavy atom. The van der Waals surface area contributed by atoms with Crippen molar-refractivity contribution in [3.8, 4) is 17.1 Å². The fourth-order valence-corrected chi connectivity index (χ4v) is 4.92. The highest BCUT2D eigenvalue weighted by atomic mass is 32.2. The van der Waals surface area contributed by atoms with Gasteiger partial charge in [-0.3, -0.25) is 9.36 Å². The number of fused-ring (bicyclic) bond motifs is 1. The van der Waals surface area contributed by atoms with Gasteiger partial charge in [-0.15, -0.1) is 10.2 Å². The summed E-state index contributed by atoms with van der Waals surface area (Å²) in [6.45, 7) is 6.58. The molecule has 0 fully saturated rings. The van der Waals surface area contributed by atoms with Gasteiger partial charge in [0.25, 0.3) is 5.91 Å². The van der Waals surface area contributed by atoms with Crippen molar-refractivity contribution in [2.24, 2.45) is 5.10 Å². The molecular formula is C31H29N5OS. The van der Waals surface area contributed by atoms with E-state index in [4.69, 9.17) is 0 Å². The summed E-state index contributed by atoms with van der Waals surface area (Å²) in [4.78, 5) is 12.6. The van der Waals surface area contributed by atoms with Crippen LogP contribution in [0.15, 0.2) is 107 Å². The first-order valence-electron chi connectivity index (χ1n) is 12.4. The van der Waals surface area contributed by atoms with Crippen LogP contribution in [0.4, 0.5) is 0 Å². The molecule has 1 aromatic heterocycles. The molecule has 0 atom stereocenters. The molecule has 0 bridgehead atoms. The molecule has 0 unspecified atom stereocenters. The topological polar surface area (TPSA) is 72.2 Å². The van der Waals surface area contributed by atoms with Gasteiger partial charge in [-0.1, -0.05) is 117 Å². The van der Waals surface area contributed by atoms with Crippen molar-refractivity contribution in [3.05, 3.63) is 108 Å². The number of hydrazone groups is 1. The van der Waals surface area contributed by atoms with Crippen molar-refractivity contribution in [1.29, 1.82) is 0 Å². The minimum Gasteiger partial charge on any atom is -0.272 e. The van der Waals surface area contributed by atoms with Crippen LogP contribution in [0.3, 0.4) is 0 Å². The van der Waals surface area contributed by atoms with E-state index in [-0.39, 0.29) is 17.1 Å². The van der Waals surface area contributed by atoms with Gasteiger partial charge in [0.15, 0.2) is 11.0 Å². The van der Waals surface area contributed by atoms with Gasteiger partial charge >= 0.3 is 0 Å². The van der Waals surface area contributed by atoms with Crippen LogP contribution in [0.2, 0.25) is 0 Å². The SMILES string of the molecule is CC(C)(C)c1ccc(-c2nnc(SCC(=O)N/N=C\c3cccc4ccccc34)n2-c2ccccc2)cc1. The van der Waals surface area contributed by atoms with Gasteiger partial charge in [0, 0.05) is 16.8 Å². The third-order valence-electron chi connectivity index (χ3n) is 6.21. The number of nitrogens with zero attached hydrogens (tertiary/aromatic N) is 4. The standard InChI is InChI=1S/C31H29N5OS/c1-31(2,3)25-18-16-23(17-19-25)29-34-35-30(36(29)26-13-5-4-6-14-26)38-21-28(37)33-32-20-24-12-9-11-22-10-7-8-15-27(22)24/h4-20H,21H2,1-3H3,(H,33,37)/b32-20-. The molecule has 0 radical (unpaired) electrons. The molecule has 4 aromatic carbocycles. The number of rotatable bonds is 7. The molecule has 0 aliphatic rings. The third-order valence-corrected chi connectivity index (χ3v) is 7.13. The molecule has 1 amide bonds. The third kappa shape index (κ3) is 5.68. The first-order chi connectivity index (χ1) is 18.4. The molecule has 1 heterocycles. The summed E-state index contributed by atoms with van der Waals surface area (Å²) in [5.41, 5.74) is 6.80. The summed E-state index contributed by atoms with van der Waals surface area (Å²) < 4.78 is 1.99. The molecule has 38 heavy (non-hydrogen) atoms. The van der Waals surface area contributed by atoms with E-state index < -0.39 is 0 Å². The average molecular weight is 520 g/mol. The lowest BCUT2D eigenvalue weighted by Crippen LogP contribution is -2.20. The first kappa shape index (κ1) is 25.4. The molecule has 6 nitrogen and oxygen atoms in total. The van der Waals surface area contributed by atoms with Crippen molar-refractivity contribution in [2.75, 3.05) is 5.75 Å². The van der Waals surface area contributed by atoms with Crippen molar-refractivity contribution in [1.82, 2.24) is 20.2 Å². The number of hydrogen-bond acceptors (Lipinski definition) is 5. The van der Waals surface area contributed by atoms with Gasteiger partial charge in [0.05, 0.1) is 12.0 Å². The van der Waals surface area contributed by atoms with Crippen LogP contribution in [0.1, 0.15) is 31.9 Å². The minimum atomic E-state index is -0.217. The second-order valence-electron chi connectivity index (χ2n) is 9.95. The number of thioether (sulfide) groups is 1. The Labute approximate surface area is 226 Å². The number of carbonyl (C=O) groups is 1. The van der Waals surface area contributed by atoms with Crippen LogP contribution in [-0.2, 0) is 10.2 Å². The van der Waals surface area contributed by atoms with Crippen LogP contribution in [-0.4, -0.2) is 32.6 Å². The number of benzene rings is 4. The number of carbonyl (C=O) groups excluding carboxylic acids is 1. The van der Waals surface area contributed by atoms with Crippen molar-refractivity contribution in [2.45, 2.75) is 31.3 Å². The Bertz CT molecular complexity index is 1580. The van der Waals surface area contributed by atoms with E-state index in [9.17, 15) is 4.79 Å². The summed E-state index contributed by atoms with van der Waals surface area (Å²) in [6.07, 6.45) is 1.68. The second kappa shape index (κ2) is 11.0. The van der Waals surface area contributed by atoms with E-state index in [1.807, 2.05) is 65.2 Å². The van der Waals surface area contributed by atoms with Gasteiger partial charge < -0.3 is 0 Å². The Morgan fingerprint density at radius 3 is 2.37 bits per heavy atom. The number of para-hydroxylation sites is 1. The highest BCUT2D eigenvalue weighted by molar-refractivity contribution is 7.99. The zero-order valence-corrected chi connectivity index (χ0v) is 22.4. The number of hydrogen-bond donors (Lipinski definition) is 1. The maximum Gasteiger partial charge on any atom is 0.250 e. The van der Waals surface area contributed by atoms with E-state index in [2.05, 4.69) is 77.9 Å². The lowest BCUT2D eigenvalue weighted by molar-refractivity contribution is -0.118. The zero-order chi connectivity index (χ0) is 26.5. The first-order valence-corrected chi connectivity index (χ1v) is 13.4. The molecule has 5 rings (SSSR count). The van der Waals surface area contributed by atoms with E-state index in [0.29, 0.717) is 5.16 Å². The fraction of sp³-hybridized carbons (Fsp3) is 0.161. The zero-order valence-electron chi connectivity index (χ0n) is 21.6. The molecule has 0 saturated heterocycles. The van der Waals surface area contributed by atoms with E-state index in [1.165, 1.54) is 17.3 Å². The molecule has 0 aliphatic heterocycles. The molecule has 7 heteroatoms. The Kier molecular flexibility index (Phi) is 7.38. The predicted octanol–water partition coefficient (Wildman–Crippen LogP) is 6.63. The van der Waals surface area contributed by atoms with E-state index in [0.717, 1.165) is 33.4 Å². The summed E-state index contributed by atoms with van der Waals surface area (Å²) in [5.74, 6) is 0.666. The van der Waals surface area contributed by atoms with Crippen LogP contribution in [0.5, 0.6) is 0 Å². The maximum absolute atomic E-state index is 12.6. The normalized spacial score (nSPS) is 11.8. The molecule has 190 valence electrons. The number of nitrogens with one attached hydrogen (secondary N) is 1. The average Bonchev–Trinajstić information content (AvgIpc) is 3.36. The lowest BCUT2D eigenvalue weighted by atomic mass is 9.87. The molecule has 0 spiro atoms. The molecule has 0 aliphatic carbocycles.